The van der Waals surface area contributed by atoms with Crippen molar-refractivity contribution < 1.29 is 17.5 Å². The third kappa shape index (κ3) is 4.29. The molecule has 0 unspecified atom stereocenters. The summed E-state index contributed by atoms with van der Waals surface area (Å²) in [5, 5.41) is 7.93. The number of methoxy groups -OCH3 is 1. The molecule has 0 atom stereocenters. The average Bonchev–Trinajstić information content (AvgIpc) is 3.10. The number of halogens is 1. The number of hydrogen-bond acceptors (Lipinski definition) is 6. The molecule has 0 spiro atoms. The van der Waals surface area contributed by atoms with Crippen LogP contribution in [-0.4, -0.2) is 42.9 Å². The molecule has 0 aliphatic rings. The number of aromatic nitrogens is 3. The summed E-state index contributed by atoms with van der Waals surface area (Å²) in [5.41, 5.74) is 3.65. The first kappa shape index (κ1) is 21.8. The van der Waals surface area contributed by atoms with Gasteiger partial charge in [0, 0.05) is 24.6 Å². The number of fused-ring (bicyclic) bond motifs is 1. The highest BCUT2D eigenvalue weighted by molar-refractivity contribution is 7.90. The summed E-state index contributed by atoms with van der Waals surface area (Å²) in [6.45, 7) is 2.42. The van der Waals surface area contributed by atoms with Crippen molar-refractivity contribution in [3.05, 3.63) is 71.8 Å². The van der Waals surface area contributed by atoms with Crippen LogP contribution in [0.25, 0.3) is 16.8 Å². The fourth-order valence-electron chi connectivity index (χ4n) is 3.61. The predicted molar refractivity (Wildman–Crippen MR) is 121 cm³/mol. The molecule has 2 heterocycles. The van der Waals surface area contributed by atoms with Crippen LogP contribution in [0.1, 0.15) is 11.3 Å². The fourth-order valence-corrected chi connectivity index (χ4v) is 4.30. The molecule has 4 aromatic rings. The van der Waals surface area contributed by atoms with Crippen molar-refractivity contribution in [2.24, 2.45) is 0 Å². The Kier molecular flexibility index (Phi) is 5.84. The summed E-state index contributed by atoms with van der Waals surface area (Å²) < 4.78 is 44.5. The summed E-state index contributed by atoms with van der Waals surface area (Å²) in [4.78, 5) is 4.76. The molecule has 0 amide bonds. The molecule has 166 valence electrons. The molecule has 32 heavy (non-hydrogen) atoms. The molecule has 1 N–H and O–H groups in total. The van der Waals surface area contributed by atoms with Gasteiger partial charge in [0.2, 0.25) is 0 Å². The zero-order valence-electron chi connectivity index (χ0n) is 18.0. The Morgan fingerprint density at radius 2 is 1.97 bits per heavy atom. The Labute approximate surface area is 185 Å². The summed E-state index contributed by atoms with van der Waals surface area (Å²) in [7, 11) is -1.82. The second-order valence-corrected chi connectivity index (χ2v) is 9.49. The monoisotopic (exact) mass is 454 g/mol. The van der Waals surface area contributed by atoms with E-state index < -0.39 is 15.7 Å². The SMILES string of the molecule is COc1ccc(-c2c(C)nn3c(NCCc4cccc(S(C)(=O)=O)c4)ccnc23)cc1F. The van der Waals surface area contributed by atoms with E-state index in [1.165, 1.54) is 19.4 Å². The first-order valence-corrected chi connectivity index (χ1v) is 11.9. The van der Waals surface area contributed by atoms with Gasteiger partial charge in [-0.25, -0.2) is 17.8 Å². The van der Waals surface area contributed by atoms with Gasteiger partial charge >= 0.3 is 0 Å². The molecule has 0 bridgehead atoms. The van der Waals surface area contributed by atoms with Crippen molar-refractivity contribution in [3.63, 3.8) is 0 Å². The zero-order valence-corrected chi connectivity index (χ0v) is 18.8. The van der Waals surface area contributed by atoms with Gasteiger partial charge in [-0.2, -0.15) is 9.61 Å². The molecule has 0 saturated carbocycles. The standard InChI is InChI=1S/C23H23FN4O3S/c1-15-22(17-7-8-20(31-2)19(24)14-17)23-26-12-10-21(28(23)27-15)25-11-9-16-5-4-6-18(13-16)32(3,29)30/h4-8,10,12-14,25H,9,11H2,1-3H3. The first-order chi connectivity index (χ1) is 15.3. The highest BCUT2D eigenvalue weighted by Gasteiger charge is 2.16. The summed E-state index contributed by atoms with van der Waals surface area (Å²) in [6, 6.07) is 13.5. The van der Waals surface area contributed by atoms with Crippen molar-refractivity contribution in [3.8, 4) is 16.9 Å². The van der Waals surface area contributed by atoms with E-state index in [2.05, 4.69) is 15.4 Å². The smallest absolute Gasteiger partial charge is 0.175 e. The lowest BCUT2D eigenvalue weighted by Gasteiger charge is -2.09. The van der Waals surface area contributed by atoms with Crippen LogP contribution in [0.4, 0.5) is 10.2 Å². The zero-order chi connectivity index (χ0) is 22.9. The van der Waals surface area contributed by atoms with Gasteiger partial charge in [0.1, 0.15) is 5.82 Å². The summed E-state index contributed by atoms with van der Waals surface area (Å²) in [6.07, 6.45) is 3.50. The van der Waals surface area contributed by atoms with Crippen molar-refractivity contribution in [2.45, 2.75) is 18.2 Å². The van der Waals surface area contributed by atoms with Gasteiger partial charge in [-0.3, -0.25) is 0 Å². The van der Waals surface area contributed by atoms with E-state index >= 15 is 0 Å². The van der Waals surface area contributed by atoms with Crippen LogP contribution >= 0.6 is 0 Å². The number of rotatable bonds is 7. The molecule has 2 aromatic carbocycles. The Morgan fingerprint density at radius 3 is 2.69 bits per heavy atom. The van der Waals surface area contributed by atoms with Crippen LogP contribution in [0.2, 0.25) is 0 Å². The van der Waals surface area contributed by atoms with Gasteiger partial charge in [-0.15, -0.1) is 0 Å². The van der Waals surface area contributed by atoms with Gasteiger partial charge in [0.05, 0.1) is 17.7 Å². The second kappa shape index (κ2) is 8.58. The maximum absolute atomic E-state index is 14.3. The van der Waals surface area contributed by atoms with Crippen LogP contribution in [0.3, 0.4) is 0 Å². The molecular weight excluding hydrogens is 431 g/mol. The van der Waals surface area contributed by atoms with Crippen molar-refractivity contribution in [1.82, 2.24) is 14.6 Å². The lowest BCUT2D eigenvalue weighted by atomic mass is 10.1. The van der Waals surface area contributed by atoms with Crippen LogP contribution in [0.5, 0.6) is 5.75 Å². The molecule has 9 heteroatoms. The minimum absolute atomic E-state index is 0.179. The molecular formula is C23H23FN4O3S. The van der Waals surface area contributed by atoms with Crippen molar-refractivity contribution in [1.29, 1.82) is 0 Å². The minimum atomic E-state index is -3.24. The third-order valence-electron chi connectivity index (χ3n) is 5.18. The van der Waals surface area contributed by atoms with Crippen LogP contribution in [-0.2, 0) is 16.3 Å². The number of sulfone groups is 1. The first-order valence-electron chi connectivity index (χ1n) is 9.99. The largest absolute Gasteiger partial charge is 0.494 e. The predicted octanol–water partition coefficient (Wildman–Crippen LogP) is 3.91. The lowest BCUT2D eigenvalue weighted by molar-refractivity contribution is 0.386. The Hall–Kier alpha value is -3.46. The molecule has 0 radical (unpaired) electrons. The lowest BCUT2D eigenvalue weighted by Crippen LogP contribution is -2.10. The van der Waals surface area contributed by atoms with Gasteiger partial charge in [0.25, 0.3) is 0 Å². The van der Waals surface area contributed by atoms with Crippen LogP contribution in [0.15, 0.2) is 59.6 Å². The maximum atomic E-state index is 14.3. The van der Waals surface area contributed by atoms with E-state index in [9.17, 15) is 12.8 Å². The van der Waals surface area contributed by atoms with Gasteiger partial charge < -0.3 is 10.1 Å². The van der Waals surface area contributed by atoms with Gasteiger partial charge in [0.15, 0.2) is 27.1 Å². The van der Waals surface area contributed by atoms with E-state index in [0.29, 0.717) is 29.1 Å². The molecule has 0 saturated heterocycles. The van der Waals surface area contributed by atoms with Gasteiger partial charge in [-0.1, -0.05) is 18.2 Å². The van der Waals surface area contributed by atoms with E-state index in [0.717, 1.165) is 22.6 Å². The number of benzene rings is 2. The maximum Gasteiger partial charge on any atom is 0.175 e. The topological polar surface area (TPSA) is 85.6 Å². The molecule has 4 rings (SSSR count). The molecule has 0 aliphatic heterocycles. The quantitative estimate of drug-likeness (QED) is 0.456. The van der Waals surface area contributed by atoms with Gasteiger partial charge in [-0.05, 0) is 54.8 Å². The number of anilines is 1. The van der Waals surface area contributed by atoms with Crippen molar-refractivity contribution >= 4 is 21.3 Å². The summed E-state index contributed by atoms with van der Waals surface area (Å²) in [5.74, 6) is 0.463. The number of ether oxygens (including phenoxy) is 1. The number of aryl methyl sites for hydroxylation is 1. The molecule has 7 nitrogen and oxygen atoms in total. The highest BCUT2D eigenvalue weighted by Crippen LogP contribution is 2.31. The molecule has 0 aliphatic carbocycles. The van der Waals surface area contributed by atoms with E-state index in [1.54, 1.807) is 41.0 Å². The Balaban J connectivity index is 1.59. The Morgan fingerprint density at radius 1 is 1.16 bits per heavy atom. The van der Waals surface area contributed by atoms with E-state index in [4.69, 9.17) is 4.74 Å². The normalized spacial score (nSPS) is 11.6. The van der Waals surface area contributed by atoms with E-state index in [1.807, 2.05) is 19.1 Å². The second-order valence-electron chi connectivity index (χ2n) is 7.47. The summed E-state index contributed by atoms with van der Waals surface area (Å²) >= 11 is 0. The fraction of sp³-hybridized carbons (Fsp3) is 0.217. The third-order valence-corrected chi connectivity index (χ3v) is 6.29. The van der Waals surface area contributed by atoms with Crippen LogP contribution < -0.4 is 10.1 Å². The highest BCUT2D eigenvalue weighted by atomic mass is 32.2. The molecule has 2 aromatic heterocycles. The van der Waals surface area contributed by atoms with Crippen molar-refractivity contribution in [2.75, 3.05) is 25.2 Å². The van der Waals surface area contributed by atoms with Crippen LogP contribution in [0, 0.1) is 12.7 Å². The number of hydrogen-bond donors (Lipinski definition) is 1. The minimum Gasteiger partial charge on any atom is -0.494 e. The van der Waals surface area contributed by atoms with E-state index in [-0.39, 0.29) is 5.75 Å². The molecule has 0 fully saturated rings. The Bertz CT molecular complexity index is 1400. The number of nitrogens with zero attached hydrogens (tertiary/aromatic N) is 3. The average molecular weight is 455 g/mol. The number of nitrogens with one attached hydrogen (secondary N) is 1.